The van der Waals surface area contributed by atoms with Crippen LogP contribution in [-0.2, 0) is 48.7 Å². The molecule has 4 heterocycles. The van der Waals surface area contributed by atoms with Gasteiger partial charge in [-0.2, -0.15) is 0 Å². The van der Waals surface area contributed by atoms with Crippen molar-refractivity contribution in [2.45, 2.75) is 157 Å². The molecule has 13 unspecified atom stereocenters. The van der Waals surface area contributed by atoms with E-state index < -0.39 is 47.9 Å². The van der Waals surface area contributed by atoms with E-state index in [1.54, 1.807) is 13.0 Å². The number of hydrogen-bond donors (Lipinski definition) is 3. The predicted molar refractivity (Wildman–Crippen MR) is 330 cm³/mol. The number of aryl methyl sites for hydroxylation is 2. The van der Waals surface area contributed by atoms with E-state index in [1.165, 1.54) is 66.2 Å². The van der Waals surface area contributed by atoms with Crippen molar-refractivity contribution in [3.8, 4) is 5.75 Å². The highest BCUT2D eigenvalue weighted by Crippen LogP contribution is 2.63. The Bertz CT molecular complexity index is 3730. The molecule has 9 aliphatic rings. The van der Waals surface area contributed by atoms with Gasteiger partial charge in [0.05, 0.1) is 25.4 Å². The normalized spacial score (nSPS) is 30.9. The highest BCUT2D eigenvalue weighted by molar-refractivity contribution is 5.90. The molecular weight excluding hydrogens is 1080 g/mol. The Morgan fingerprint density at radius 2 is 1.64 bits per heavy atom. The molecule has 0 radical (unpaired) electrons. The van der Waals surface area contributed by atoms with E-state index in [-0.39, 0.29) is 103 Å². The van der Waals surface area contributed by atoms with Crippen molar-refractivity contribution in [2.24, 2.45) is 29.6 Å². The molecule has 1 aromatic heterocycles. The second-order valence-corrected chi connectivity index (χ2v) is 26.5. The Balaban J connectivity index is 0.911. The topological polar surface area (TPSA) is 162 Å². The van der Waals surface area contributed by atoms with Gasteiger partial charge in [-0.05, 0) is 187 Å². The standard InChI is InChI=1S/C75H80O11/c1-44(41-77)55-28-21-45-19-22-47(23-20-45)56-29-26-50(49-13-9-15-54(38-49)74-34-8-7-14-53(74)27-24-48-12-4-6-18-63(48)74)37-52(56)39-66(79)83-70-68-65(32-31-60-62(42-78)67(73(81)84-69(60)68)51(33-36-76)43-82-2)86-75(71(70)85-72(55)80)35-10-17-59-58-30-25-46-11-3-5-16-57(46)61(58)40-64(59)75/h3-6,9-13,15-20,22-23,25,30-32,38,50-53,56,58-59,61,64,70-71,76-78H,7-8,14,21,24,26-29,33-37,39-43H2,1-2H3. The molecule has 5 aromatic carbocycles. The van der Waals surface area contributed by atoms with Crippen molar-refractivity contribution in [1.82, 2.24) is 0 Å². The van der Waals surface area contributed by atoms with E-state index in [0.717, 1.165) is 43.2 Å². The predicted octanol–water partition coefficient (Wildman–Crippen LogP) is 13.5. The van der Waals surface area contributed by atoms with Crippen LogP contribution >= 0.6 is 0 Å². The van der Waals surface area contributed by atoms with E-state index in [2.05, 4.69) is 121 Å². The third kappa shape index (κ3) is 9.56. The van der Waals surface area contributed by atoms with Gasteiger partial charge >= 0.3 is 17.6 Å². The van der Waals surface area contributed by atoms with Gasteiger partial charge < -0.3 is 38.7 Å². The fraction of sp³-hybridized carbons (Fsp3) is 0.453. The lowest BCUT2D eigenvalue weighted by Gasteiger charge is -2.52. The van der Waals surface area contributed by atoms with E-state index >= 15 is 9.59 Å². The highest BCUT2D eigenvalue weighted by Gasteiger charge is 2.64. The summed E-state index contributed by atoms with van der Waals surface area (Å²) < 4.78 is 34.0. The summed E-state index contributed by atoms with van der Waals surface area (Å²) in [6.07, 6.45) is 18.1. The van der Waals surface area contributed by atoms with Crippen molar-refractivity contribution in [1.29, 1.82) is 0 Å². The highest BCUT2D eigenvalue weighted by atomic mass is 16.6. The zero-order valence-corrected chi connectivity index (χ0v) is 49.6. The quantitative estimate of drug-likeness (QED) is 0.0547. The third-order valence-electron chi connectivity index (χ3n) is 22.3. The molecule has 3 aliphatic heterocycles. The van der Waals surface area contributed by atoms with Gasteiger partial charge in [0.15, 0.2) is 17.8 Å². The molecular formula is C75H80O11. The first kappa shape index (κ1) is 56.9. The maximum atomic E-state index is 15.9. The molecule has 0 amide bonds. The van der Waals surface area contributed by atoms with Crippen molar-refractivity contribution in [3.05, 3.63) is 210 Å². The number of fused-ring (bicyclic) bond motifs is 20. The third-order valence-corrected chi connectivity index (χ3v) is 22.3. The first-order valence-electron chi connectivity index (χ1n) is 32.0. The van der Waals surface area contributed by atoms with Crippen LogP contribution in [0.15, 0.2) is 148 Å². The van der Waals surface area contributed by atoms with Gasteiger partial charge in [-0.25, -0.2) is 9.59 Å². The maximum absolute atomic E-state index is 15.9. The molecule has 6 aromatic rings. The lowest BCUT2D eigenvalue weighted by Crippen LogP contribution is -2.61. The SMILES string of the molecule is COCC(CCO)c1c(CO)c2ccc3c(c2oc1=O)C1OC(=O)CC2CC(c4cccc(C56CCCCC5CCc5ccccc56)c4)CCC2c2ccc(cc2)CCC(=C(C)CO)C(=O)OC1C1(CC=CC2C4C=Cc5ccccc5C4CC21)O3. The minimum absolute atomic E-state index is 0.0295. The molecule has 11 nitrogen and oxygen atoms in total. The number of hydrogen-bond acceptors (Lipinski definition) is 11. The largest absolute Gasteiger partial charge is 0.482 e. The number of allylic oxidation sites excluding steroid dienone is 2. The first-order chi connectivity index (χ1) is 42.0. The number of methoxy groups -OCH3 is 1. The molecule has 1 spiro atoms. The van der Waals surface area contributed by atoms with Gasteiger partial charge in [0.25, 0.3) is 0 Å². The molecule has 3 fully saturated rings. The molecule has 11 heteroatoms. The molecule has 3 saturated carbocycles. The van der Waals surface area contributed by atoms with Crippen LogP contribution in [0.25, 0.3) is 17.0 Å². The van der Waals surface area contributed by atoms with Gasteiger partial charge in [-0.15, -0.1) is 0 Å². The van der Waals surface area contributed by atoms with Crippen molar-refractivity contribution in [2.75, 3.05) is 26.9 Å². The van der Waals surface area contributed by atoms with Crippen LogP contribution in [0.4, 0.5) is 0 Å². The molecule has 13 atom stereocenters. The fourth-order valence-electron chi connectivity index (χ4n) is 18.3. The number of aliphatic hydroxyl groups is 3. The van der Waals surface area contributed by atoms with Gasteiger partial charge in [-0.1, -0.05) is 134 Å². The Kier molecular flexibility index (Phi) is 15.4. The number of ether oxygens (including phenoxy) is 4. The summed E-state index contributed by atoms with van der Waals surface area (Å²) in [5, 5.41) is 32.7. The van der Waals surface area contributed by atoms with Gasteiger partial charge in [-0.3, -0.25) is 4.79 Å². The summed E-state index contributed by atoms with van der Waals surface area (Å²) >= 11 is 0. The van der Waals surface area contributed by atoms with Crippen LogP contribution in [0.1, 0.15) is 181 Å². The van der Waals surface area contributed by atoms with Crippen LogP contribution in [0, 0.1) is 29.6 Å². The molecule has 2 bridgehead atoms. The molecule has 6 aliphatic carbocycles. The van der Waals surface area contributed by atoms with Crippen LogP contribution in [0.2, 0.25) is 0 Å². The van der Waals surface area contributed by atoms with Crippen LogP contribution in [-0.4, -0.2) is 65.9 Å². The molecule has 0 saturated heterocycles. The number of rotatable bonds is 9. The monoisotopic (exact) mass is 1160 g/mol. The number of carbonyl (C=O) groups is 2. The summed E-state index contributed by atoms with van der Waals surface area (Å²) in [5.74, 6) is -0.805. The second-order valence-electron chi connectivity index (χ2n) is 26.5. The van der Waals surface area contributed by atoms with Crippen LogP contribution in [0.3, 0.4) is 0 Å². The van der Waals surface area contributed by atoms with Crippen molar-refractivity contribution < 1.29 is 48.3 Å². The van der Waals surface area contributed by atoms with Gasteiger partial charge in [0.1, 0.15) is 11.3 Å². The number of carbonyl (C=O) groups excluding carboxylic acids is 2. The average Bonchev–Trinajstić information content (AvgIpc) is 1.32. The van der Waals surface area contributed by atoms with Crippen LogP contribution in [0.5, 0.6) is 5.75 Å². The zero-order valence-electron chi connectivity index (χ0n) is 49.6. The summed E-state index contributed by atoms with van der Waals surface area (Å²) in [7, 11) is 1.52. The number of benzene rings is 5. The van der Waals surface area contributed by atoms with Crippen molar-refractivity contribution in [3.63, 3.8) is 0 Å². The molecule has 86 heavy (non-hydrogen) atoms. The van der Waals surface area contributed by atoms with E-state index in [9.17, 15) is 20.1 Å². The minimum atomic E-state index is -1.36. The minimum Gasteiger partial charge on any atom is -0.482 e. The van der Waals surface area contributed by atoms with Crippen LogP contribution < -0.4 is 10.4 Å². The lowest BCUT2D eigenvalue weighted by atomic mass is 9.54. The summed E-state index contributed by atoms with van der Waals surface area (Å²) in [4.78, 5) is 46.3. The maximum Gasteiger partial charge on any atom is 0.340 e. The fourth-order valence-corrected chi connectivity index (χ4v) is 18.3. The van der Waals surface area contributed by atoms with Gasteiger partial charge in [0, 0.05) is 60.3 Å². The lowest BCUT2D eigenvalue weighted by molar-refractivity contribution is -0.205. The molecule has 446 valence electrons. The summed E-state index contributed by atoms with van der Waals surface area (Å²) in [5.41, 5.74) is 9.87. The first-order valence-corrected chi connectivity index (χ1v) is 32.0. The second kappa shape index (κ2) is 23.3. The van der Waals surface area contributed by atoms with E-state index in [0.29, 0.717) is 53.0 Å². The summed E-state index contributed by atoms with van der Waals surface area (Å²) in [6, 6.07) is 39.5. The Morgan fingerprint density at radius 3 is 2.48 bits per heavy atom. The van der Waals surface area contributed by atoms with E-state index in [4.69, 9.17) is 23.4 Å². The number of esters is 2. The van der Waals surface area contributed by atoms with Crippen molar-refractivity contribution >= 4 is 29.0 Å². The Labute approximate surface area is 504 Å². The van der Waals surface area contributed by atoms with Gasteiger partial charge in [0.2, 0.25) is 0 Å². The average molecular weight is 1160 g/mol. The van der Waals surface area contributed by atoms with E-state index in [1.807, 2.05) is 6.07 Å². The smallest absolute Gasteiger partial charge is 0.340 e. The Hall–Kier alpha value is -6.89. The molecule has 3 N–H and O–H groups in total. The summed E-state index contributed by atoms with van der Waals surface area (Å²) in [6.45, 7) is 0.697. The molecule has 15 rings (SSSR count). The Morgan fingerprint density at radius 1 is 0.791 bits per heavy atom. The number of aliphatic hydroxyl groups excluding tert-OH is 3. The zero-order chi connectivity index (χ0) is 58.8.